The normalized spacial score (nSPS) is 17.8. The Bertz CT molecular complexity index is 3020. The van der Waals surface area contributed by atoms with Crippen LogP contribution in [-0.4, -0.2) is 71.1 Å². The fraction of sp³-hybridized carbons (Fsp3) is 0.217. The second kappa shape index (κ2) is 19.3. The first-order valence-electron chi connectivity index (χ1n) is 20.3. The van der Waals surface area contributed by atoms with Crippen LogP contribution < -0.4 is 9.47 Å². The van der Waals surface area contributed by atoms with Crippen LogP contribution in [0.4, 0.5) is 0 Å². The summed E-state index contributed by atoms with van der Waals surface area (Å²) in [6.07, 6.45) is 1.19. The molecule has 2 aliphatic rings. The molecule has 0 bridgehead atoms. The van der Waals surface area contributed by atoms with E-state index in [-0.39, 0.29) is 23.3 Å². The molecule has 0 spiro atoms. The molecule has 340 valence electrons. The molecule has 2 saturated carbocycles. The Morgan fingerprint density at radius 3 is 1.33 bits per heavy atom. The first kappa shape index (κ1) is 46.7. The van der Waals surface area contributed by atoms with Gasteiger partial charge in [-0.3, -0.25) is 9.13 Å². The fourth-order valence-corrected chi connectivity index (χ4v) is 14.2. The Labute approximate surface area is 416 Å². The van der Waals surface area contributed by atoms with E-state index in [1.165, 1.54) is 22.7 Å². The number of benzene rings is 4. The molecule has 0 amide bonds. The smallest absolute Gasteiger partial charge is 0.178 e. The number of aromatic nitrogens is 6. The Morgan fingerprint density at radius 1 is 0.591 bits per heavy atom. The lowest BCUT2D eigenvalue weighted by Gasteiger charge is -2.14. The highest BCUT2D eigenvalue weighted by Gasteiger charge is 2.49. The zero-order chi connectivity index (χ0) is 46.3. The van der Waals surface area contributed by atoms with Gasteiger partial charge in [0, 0.05) is 30.8 Å². The number of hydrogen-bond donors (Lipinski definition) is 0. The lowest BCUT2D eigenvalue weighted by molar-refractivity contribution is 0.412. The summed E-state index contributed by atoms with van der Waals surface area (Å²) in [5, 5.41) is 21.6. The van der Waals surface area contributed by atoms with Crippen molar-refractivity contribution in [3.05, 3.63) is 162 Å². The monoisotopic (exact) mass is 1130 g/mol. The average Bonchev–Trinajstić information content (AvgIpc) is 3.95. The molecular weight excluding hydrogens is 1090 g/mol. The predicted molar refractivity (Wildman–Crippen MR) is 268 cm³/mol. The van der Waals surface area contributed by atoms with Gasteiger partial charge in [-0.05, 0) is 108 Å². The van der Waals surface area contributed by atoms with Gasteiger partial charge in [-0.25, -0.2) is 16.8 Å². The molecule has 2 aliphatic carbocycles. The first-order chi connectivity index (χ1) is 31.7. The fourth-order valence-electron chi connectivity index (χ4n) is 7.97. The third-order valence-corrected chi connectivity index (χ3v) is 18.8. The van der Waals surface area contributed by atoms with Gasteiger partial charge in [0.25, 0.3) is 0 Å². The van der Waals surface area contributed by atoms with Crippen LogP contribution in [0, 0.1) is 0 Å². The number of sulfone groups is 2. The molecule has 0 unspecified atom stereocenters. The molecule has 4 aromatic carbocycles. The zero-order valence-corrected chi connectivity index (χ0v) is 42.9. The first-order valence-corrected chi connectivity index (χ1v) is 27.9. The van der Waals surface area contributed by atoms with E-state index in [0.717, 1.165) is 29.8 Å². The Hall–Kier alpha value is -4.40. The van der Waals surface area contributed by atoms with Gasteiger partial charge in [-0.1, -0.05) is 91.5 Å². The second-order valence-electron chi connectivity index (χ2n) is 15.6. The molecule has 2 fully saturated rings. The summed E-state index contributed by atoms with van der Waals surface area (Å²) in [5.41, 5.74) is 3.33. The van der Waals surface area contributed by atoms with E-state index < -0.39 is 30.2 Å². The van der Waals surface area contributed by atoms with E-state index in [1.54, 1.807) is 47.6 Å². The number of ether oxygens (including phenoxy) is 2. The van der Waals surface area contributed by atoms with E-state index in [0.29, 0.717) is 69.1 Å². The molecule has 12 nitrogen and oxygen atoms in total. The van der Waals surface area contributed by atoms with E-state index >= 15 is 0 Å². The van der Waals surface area contributed by atoms with Gasteiger partial charge in [0.1, 0.15) is 23.0 Å². The van der Waals surface area contributed by atoms with Crippen LogP contribution >= 0.6 is 77.7 Å². The summed E-state index contributed by atoms with van der Waals surface area (Å²) in [6, 6.07) is 33.6. The maximum absolute atomic E-state index is 13.4. The van der Waals surface area contributed by atoms with E-state index in [9.17, 15) is 16.8 Å². The molecule has 0 aliphatic heterocycles. The molecular formula is C46H38Br2Cl2N6O6S4. The Kier molecular flexibility index (Phi) is 13.7. The van der Waals surface area contributed by atoms with Gasteiger partial charge >= 0.3 is 0 Å². The van der Waals surface area contributed by atoms with Crippen LogP contribution in [0.5, 0.6) is 11.5 Å². The minimum atomic E-state index is -3.47. The number of halogens is 4. The highest BCUT2D eigenvalue weighted by atomic mass is 79.9. The van der Waals surface area contributed by atoms with Crippen molar-refractivity contribution < 1.29 is 26.3 Å². The molecule has 4 atom stereocenters. The largest absolute Gasteiger partial charge is 0.495 e. The summed E-state index contributed by atoms with van der Waals surface area (Å²) in [7, 11) is -3.77. The second-order valence-corrected chi connectivity index (χ2v) is 24.7. The third-order valence-electron chi connectivity index (χ3n) is 11.4. The van der Waals surface area contributed by atoms with Crippen molar-refractivity contribution in [3.63, 3.8) is 0 Å². The van der Waals surface area contributed by atoms with E-state index in [1.807, 2.05) is 95.7 Å². The minimum Gasteiger partial charge on any atom is -0.495 e. The average molecular weight is 1130 g/mol. The molecule has 0 radical (unpaired) electrons. The topological polar surface area (TPSA) is 148 Å². The van der Waals surface area contributed by atoms with Crippen molar-refractivity contribution >= 4 is 97.4 Å². The standard InChI is InChI=1S/2C23H19BrClN3O3S2/c2*1-31-19-9-6-15(24)11-18(19)28-22(26-27-23(28)20-3-2-10-32-20)13-33(29,30)21-12-17(21)14-4-7-16(25)8-5-14/h2*2-11,17,21H,12-13H2,1H3/t2*17-,21+/m10/s1. The summed E-state index contributed by atoms with van der Waals surface area (Å²) in [6.45, 7) is 0. The molecule has 4 heterocycles. The zero-order valence-electron chi connectivity index (χ0n) is 35.0. The van der Waals surface area contributed by atoms with E-state index in [4.69, 9.17) is 32.7 Å². The molecule has 20 heteroatoms. The molecule has 0 saturated heterocycles. The number of nitrogens with zero attached hydrogens (tertiary/aromatic N) is 6. The van der Waals surface area contributed by atoms with E-state index in [2.05, 4.69) is 52.3 Å². The van der Waals surface area contributed by atoms with Crippen molar-refractivity contribution in [1.82, 2.24) is 29.5 Å². The molecule has 10 rings (SSSR count). The highest BCUT2D eigenvalue weighted by Crippen LogP contribution is 2.49. The highest BCUT2D eigenvalue weighted by molar-refractivity contribution is 9.10. The summed E-state index contributed by atoms with van der Waals surface area (Å²) in [5.74, 6) is 2.59. The van der Waals surface area contributed by atoms with Crippen molar-refractivity contribution in [2.45, 2.75) is 46.7 Å². The molecule has 66 heavy (non-hydrogen) atoms. The van der Waals surface area contributed by atoms with Crippen LogP contribution in [0.2, 0.25) is 10.0 Å². The molecule has 0 N–H and O–H groups in total. The van der Waals surface area contributed by atoms with Crippen LogP contribution in [0.3, 0.4) is 0 Å². The lowest BCUT2D eigenvalue weighted by atomic mass is 10.1. The maximum atomic E-state index is 13.4. The maximum Gasteiger partial charge on any atom is 0.178 e. The van der Waals surface area contributed by atoms with Gasteiger partial charge in [-0.15, -0.1) is 43.1 Å². The SMILES string of the molecule is COc1ccc(Br)cc1-n1c(CS(=O)(=O)[C@@H]2C[C@H]2c2ccc(Cl)cc2)nnc1-c1cccs1.COc1ccc(Br)cc1-n1c(CS(=O)(=O)[C@H]2C[C@@H]2c2ccc(Cl)cc2)nnc1-c1cccs1. The predicted octanol–water partition coefficient (Wildman–Crippen LogP) is 11.8. The lowest BCUT2D eigenvalue weighted by Crippen LogP contribution is -2.15. The van der Waals surface area contributed by atoms with Crippen molar-refractivity contribution in [3.8, 4) is 44.3 Å². The van der Waals surface area contributed by atoms with Gasteiger partial charge in [0.05, 0.1) is 45.8 Å². The van der Waals surface area contributed by atoms with Gasteiger partial charge in [0.2, 0.25) is 0 Å². The minimum absolute atomic E-state index is 0.0270. The number of thiophene rings is 2. The summed E-state index contributed by atoms with van der Waals surface area (Å²) >= 11 is 22.0. The summed E-state index contributed by atoms with van der Waals surface area (Å²) in [4.78, 5) is 1.78. The Balaban J connectivity index is 0.000000166. The third kappa shape index (κ3) is 9.93. The van der Waals surface area contributed by atoms with Gasteiger partial charge < -0.3 is 9.47 Å². The van der Waals surface area contributed by atoms with Crippen molar-refractivity contribution in [2.75, 3.05) is 14.2 Å². The van der Waals surface area contributed by atoms with Crippen LogP contribution in [0.25, 0.3) is 32.8 Å². The molecule has 8 aromatic rings. The Morgan fingerprint density at radius 2 is 0.985 bits per heavy atom. The quantitative estimate of drug-likeness (QED) is 0.103. The number of rotatable bonds is 14. The van der Waals surface area contributed by atoms with Crippen LogP contribution in [0.1, 0.15) is 47.5 Å². The van der Waals surface area contributed by atoms with Crippen molar-refractivity contribution in [2.24, 2.45) is 0 Å². The summed E-state index contributed by atoms with van der Waals surface area (Å²) < 4.78 is 69.9. The number of hydrogen-bond acceptors (Lipinski definition) is 12. The van der Waals surface area contributed by atoms with Crippen LogP contribution in [-0.2, 0) is 31.2 Å². The van der Waals surface area contributed by atoms with Gasteiger partial charge in [-0.2, -0.15) is 0 Å². The number of methoxy groups -OCH3 is 2. The molecule has 4 aromatic heterocycles. The van der Waals surface area contributed by atoms with Crippen molar-refractivity contribution in [1.29, 1.82) is 0 Å². The van der Waals surface area contributed by atoms with Gasteiger partial charge in [0.15, 0.2) is 43.0 Å². The van der Waals surface area contributed by atoms with Crippen LogP contribution in [0.15, 0.2) is 129 Å².